The number of rotatable bonds is 2. The summed E-state index contributed by atoms with van der Waals surface area (Å²) in [6.07, 6.45) is 0. The van der Waals surface area contributed by atoms with Gasteiger partial charge in [-0.05, 0) is 17.7 Å². The minimum atomic E-state index is 0.250. The summed E-state index contributed by atoms with van der Waals surface area (Å²) in [4.78, 5) is 0. The van der Waals surface area contributed by atoms with Gasteiger partial charge in [-0.25, -0.2) is 0 Å². The number of aliphatic hydroxyl groups excluding tert-OH is 1. The Bertz CT molecular complexity index is 283. The Labute approximate surface area is 82.5 Å². The van der Waals surface area contributed by atoms with Crippen molar-refractivity contribution in [2.75, 3.05) is 13.2 Å². The second-order valence-corrected chi connectivity index (χ2v) is 3.82. The van der Waals surface area contributed by atoms with Gasteiger partial charge in [0.2, 0.25) is 0 Å². The van der Waals surface area contributed by atoms with Gasteiger partial charge in [0.15, 0.2) is 0 Å². The van der Waals surface area contributed by atoms with Crippen molar-refractivity contribution in [2.24, 2.45) is 5.92 Å². The van der Waals surface area contributed by atoms with Crippen LogP contribution in [0.1, 0.15) is 11.6 Å². The zero-order valence-corrected chi connectivity index (χ0v) is 7.96. The van der Waals surface area contributed by atoms with E-state index >= 15 is 0 Å². The minimum absolute atomic E-state index is 0.250. The molecule has 3 heteroatoms. The van der Waals surface area contributed by atoms with Crippen molar-refractivity contribution in [3.05, 3.63) is 34.9 Å². The SMILES string of the molecule is OCC1CNC1c1ccc(Cl)cc1. The van der Waals surface area contributed by atoms with Crippen LogP contribution in [0.4, 0.5) is 0 Å². The molecule has 0 spiro atoms. The molecule has 2 N–H and O–H groups in total. The number of nitrogens with one attached hydrogen (secondary N) is 1. The highest BCUT2D eigenvalue weighted by Crippen LogP contribution is 2.29. The Morgan fingerprint density at radius 3 is 2.54 bits per heavy atom. The summed E-state index contributed by atoms with van der Waals surface area (Å²) < 4.78 is 0. The molecule has 2 atom stereocenters. The zero-order chi connectivity index (χ0) is 9.26. The molecular formula is C10H12ClNO. The lowest BCUT2D eigenvalue weighted by Crippen LogP contribution is -2.47. The largest absolute Gasteiger partial charge is 0.396 e. The van der Waals surface area contributed by atoms with Gasteiger partial charge in [-0.1, -0.05) is 23.7 Å². The molecule has 0 aliphatic carbocycles. The lowest BCUT2D eigenvalue weighted by molar-refractivity contribution is 0.128. The van der Waals surface area contributed by atoms with E-state index in [4.69, 9.17) is 16.7 Å². The predicted molar refractivity (Wildman–Crippen MR) is 52.8 cm³/mol. The van der Waals surface area contributed by atoms with Crippen LogP contribution in [-0.2, 0) is 0 Å². The fourth-order valence-corrected chi connectivity index (χ4v) is 1.76. The average molecular weight is 198 g/mol. The van der Waals surface area contributed by atoms with E-state index in [1.54, 1.807) is 0 Å². The Morgan fingerprint density at radius 2 is 2.08 bits per heavy atom. The summed E-state index contributed by atoms with van der Waals surface area (Å²) >= 11 is 5.78. The van der Waals surface area contributed by atoms with Gasteiger partial charge in [-0.15, -0.1) is 0 Å². The van der Waals surface area contributed by atoms with Crippen LogP contribution in [0.5, 0.6) is 0 Å². The molecule has 1 fully saturated rings. The molecule has 0 bridgehead atoms. The molecule has 2 unspecified atom stereocenters. The molecule has 1 heterocycles. The summed E-state index contributed by atoms with van der Waals surface area (Å²) in [5.74, 6) is 0.362. The maximum Gasteiger partial charge on any atom is 0.0489 e. The van der Waals surface area contributed by atoms with Gasteiger partial charge in [-0.2, -0.15) is 0 Å². The number of hydrogen-bond donors (Lipinski definition) is 2. The predicted octanol–water partition coefficient (Wildman–Crippen LogP) is 1.59. The maximum atomic E-state index is 9.01. The molecule has 0 saturated carbocycles. The fraction of sp³-hybridized carbons (Fsp3) is 0.400. The first-order chi connectivity index (χ1) is 6.31. The Kier molecular flexibility index (Phi) is 2.54. The van der Waals surface area contributed by atoms with Crippen LogP contribution in [0.25, 0.3) is 0 Å². The van der Waals surface area contributed by atoms with Gasteiger partial charge in [0, 0.05) is 30.1 Å². The molecule has 1 aliphatic heterocycles. The van der Waals surface area contributed by atoms with Crippen molar-refractivity contribution in [1.29, 1.82) is 0 Å². The van der Waals surface area contributed by atoms with E-state index in [0.717, 1.165) is 11.6 Å². The highest BCUT2D eigenvalue weighted by molar-refractivity contribution is 6.30. The van der Waals surface area contributed by atoms with Crippen LogP contribution in [-0.4, -0.2) is 18.3 Å². The van der Waals surface area contributed by atoms with Crippen LogP contribution in [0.2, 0.25) is 5.02 Å². The lowest BCUT2D eigenvalue weighted by atomic mass is 9.87. The van der Waals surface area contributed by atoms with E-state index in [1.165, 1.54) is 5.56 Å². The summed E-state index contributed by atoms with van der Waals surface area (Å²) in [6, 6.07) is 8.07. The van der Waals surface area contributed by atoms with Crippen LogP contribution >= 0.6 is 11.6 Å². The van der Waals surface area contributed by atoms with Crippen molar-refractivity contribution in [1.82, 2.24) is 5.32 Å². The molecule has 1 saturated heterocycles. The third kappa shape index (κ3) is 1.70. The standard InChI is InChI=1S/C10H12ClNO/c11-9-3-1-7(2-4-9)10-8(6-13)5-12-10/h1-4,8,10,12-13H,5-6H2. The molecule has 0 aromatic heterocycles. The van der Waals surface area contributed by atoms with Crippen molar-refractivity contribution < 1.29 is 5.11 Å². The van der Waals surface area contributed by atoms with E-state index < -0.39 is 0 Å². The molecule has 70 valence electrons. The number of aliphatic hydroxyl groups is 1. The first-order valence-electron chi connectivity index (χ1n) is 4.41. The topological polar surface area (TPSA) is 32.3 Å². The molecule has 1 aliphatic rings. The summed E-state index contributed by atoms with van der Waals surface area (Å²) in [5, 5.41) is 13.0. The molecule has 2 rings (SSSR count). The second-order valence-electron chi connectivity index (χ2n) is 3.38. The van der Waals surface area contributed by atoms with Crippen molar-refractivity contribution in [3.8, 4) is 0 Å². The fourth-order valence-electron chi connectivity index (χ4n) is 1.63. The van der Waals surface area contributed by atoms with Crippen molar-refractivity contribution in [3.63, 3.8) is 0 Å². The number of halogens is 1. The summed E-state index contributed by atoms with van der Waals surface area (Å²) in [5.41, 5.74) is 1.20. The van der Waals surface area contributed by atoms with E-state index in [0.29, 0.717) is 12.0 Å². The summed E-state index contributed by atoms with van der Waals surface area (Å²) in [6.45, 7) is 1.16. The van der Waals surface area contributed by atoms with Crippen LogP contribution in [0.3, 0.4) is 0 Å². The molecule has 0 radical (unpaired) electrons. The summed E-state index contributed by atoms with van der Waals surface area (Å²) in [7, 11) is 0. The van der Waals surface area contributed by atoms with Gasteiger partial charge in [-0.3, -0.25) is 0 Å². The van der Waals surface area contributed by atoms with E-state index in [2.05, 4.69) is 5.32 Å². The van der Waals surface area contributed by atoms with E-state index in [-0.39, 0.29) is 6.61 Å². The first-order valence-corrected chi connectivity index (χ1v) is 4.79. The van der Waals surface area contributed by atoms with Crippen molar-refractivity contribution in [2.45, 2.75) is 6.04 Å². The minimum Gasteiger partial charge on any atom is -0.396 e. The molecule has 1 aromatic carbocycles. The average Bonchev–Trinajstić information content (AvgIpc) is 2.08. The van der Waals surface area contributed by atoms with E-state index in [1.807, 2.05) is 24.3 Å². The van der Waals surface area contributed by atoms with Crippen LogP contribution in [0, 0.1) is 5.92 Å². The Balaban J connectivity index is 2.12. The van der Waals surface area contributed by atoms with Crippen LogP contribution in [0.15, 0.2) is 24.3 Å². The zero-order valence-electron chi connectivity index (χ0n) is 7.20. The van der Waals surface area contributed by atoms with Gasteiger partial charge in [0.05, 0.1) is 0 Å². The normalized spacial score (nSPS) is 26.9. The third-order valence-electron chi connectivity index (χ3n) is 2.53. The molecule has 2 nitrogen and oxygen atoms in total. The van der Waals surface area contributed by atoms with Gasteiger partial charge in [0.1, 0.15) is 0 Å². The number of hydrogen-bond acceptors (Lipinski definition) is 2. The van der Waals surface area contributed by atoms with Gasteiger partial charge >= 0.3 is 0 Å². The van der Waals surface area contributed by atoms with Crippen molar-refractivity contribution >= 4 is 11.6 Å². The molecule has 13 heavy (non-hydrogen) atoms. The second kappa shape index (κ2) is 3.66. The van der Waals surface area contributed by atoms with Crippen LogP contribution < -0.4 is 5.32 Å². The van der Waals surface area contributed by atoms with E-state index in [9.17, 15) is 0 Å². The molecule has 0 amide bonds. The molecule has 1 aromatic rings. The first kappa shape index (κ1) is 9.00. The smallest absolute Gasteiger partial charge is 0.0489 e. The van der Waals surface area contributed by atoms with Gasteiger partial charge < -0.3 is 10.4 Å². The quantitative estimate of drug-likeness (QED) is 0.755. The molecular weight excluding hydrogens is 186 g/mol. The lowest BCUT2D eigenvalue weighted by Gasteiger charge is -2.37. The monoisotopic (exact) mass is 197 g/mol. The highest BCUT2D eigenvalue weighted by Gasteiger charge is 2.30. The number of benzene rings is 1. The van der Waals surface area contributed by atoms with Gasteiger partial charge in [0.25, 0.3) is 0 Å². The Morgan fingerprint density at radius 1 is 1.38 bits per heavy atom. The third-order valence-corrected chi connectivity index (χ3v) is 2.79. The highest BCUT2D eigenvalue weighted by atomic mass is 35.5. The Hall–Kier alpha value is -0.570. The maximum absolute atomic E-state index is 9.01.